The van der Waals surface area contributed by atoms with Crippen molar-refractivity contribution in [2.75, 3.05) is 33.9 Å². The number of hydrogen-bond donors (Lipinski definition) is 0. The van der Waals surface area contributed by atoms with Crippen LogP contribution in [0.3, 0.4) is 0 Å². The summed E-state index contributed by atoms with van der Waals surface area (Å²) >= 11 is 6.11. The molecule has 2 aromatic rings. The first-order chi connectivity index (χ1) is 12.9. The Morgan fingerprint density at radius 3 is 2.52 bits per heavy atom. The molecule has 2 rings (SSSR count). The van der Waals surface area contributed by atoms with Crippen molar-refractivity contribution in [2.45, 2.75) is 20.3 Å². The Bertz CT molecular complexity index is 816. The summed E-state index contributed by atoms with van der Waals surface area (Å²) in [6.07, 6.45) is 0.138. The van der Waals surface area contributed by atoms with E-state index in [4.69, 9.17) is 16.3 Å². The summed E-state index contributed by atoms with van der Waals surface area (Å²) in [5, 5.41) is 0.632. The van der Waals surface area contributed by atoms with Crippen LogP contribution >= 0.6 is 11.6 Å². The van der Waals surface area contributed by atoms with Crippen molar-refractivity contribution in [3.63, 3.8) is 0 Å². The summed E-state index contributed by atoms with van der Waals surface area (Å²) in [6.45, 7) is 4.90. The number of aryl methyl sites for hydroxylation is 1. The van der Waals surface area contributed by atoms with Gasteiger partial charge in [0.05, 0.1) is 25.7 Å². The highest BCUT2D eigenvalue weighted by Crippen LogP contribution is 2.24. The lowest BCUT2D eigenvalue weighted by Gasteiger charge is -2.22. The summed E-state index contributed by atoms with van der Waals surface area (Å²) in [4.78, 5) is 26.2. The van der Waals surface area contributed by atoms with Gasteiger partial charge in [-0.05, 0) is 38.1 Å². The quantitative estimate of drug-likeness (QED) is 0.646. The maximum atomic E-state index is 13.1. The lowest BCUT2D eigenvalue weighted by atomic mass is 10.2. The van der Waals surface area contributed by atoms with E-state index in [0.29, 0.717) is 23.7 Å². The molecule has 1 amide bonds. The minimum atomic E-state index is -0.352. The van der Waals surface area contributed by atoms with E-state index >= 15 is 0 Å². The van der Waals surface area contributed by atoms with E-state index in [2.05, 4.69) is 4.74 Å². The lowest BCUT2D eigenvalue weighted by Crippen LogP contribution is -2.36. The van der Waals surface area contributed by atoms with Gasteiger partial charge in [0.25, 0.3) is 5.91 Å². The van der Waals surface area contributed by atoms with Gasteiger partial charge in [0, 0.05) is 42.3 Å². The Labute approximate surface area is 164 Å². The number of rotatable bonds is 8. The smallest absolute Gasteiger partial charge is 0.307 e. The molecule has 0 radical (unpaired) electrons. The first kappa shape index (κ1) is 21.0. The van der Waals surface area contributed by atoms with Gasteiger partial charge < -0.3 is 18.9 Å². The van der Waals surface area contributed by atoms with Gasteiger partial charge in [-0.25, -0.2) is 0 Å². The molecule has 0 saturated carbocycles. The van der Waals surface area contributed by atoms with Gasteiger partial charge in [-0.15, -0.1) is 0 Å². The number of aromatic nitrogens is 1. The summed E-state index contributed by atoms with van der Waals surface area (Å²) in [5.74, 6) is -0.494. The van der Waals surface area contributed by atoms with E-state index in [0.717, 1.165) is 17.1 Å². The van der Waals surface area contributed by atoms with Crippen molar-refractivity contribution >= 4 is 23.5 Å². The van der Waals surface area contributed by atoms with Crippen LogP contribution in [0.15, 0.2) is 30.3 Å². The van der Waals surface area contributed by atoms with E-state index in [-0.39, 0.29) is 24.8 Å². The number of amides is 1. The maximum Gasteiger partial charge on any atom is 0.307 e. The molecule has 0 N–H and O–H groups in total. The van der Waals surface area contributed by atoms with Gasteiger partial charge in [-0.1, -0.05) is 17.7 Å². The van der Waals surface area contributed by atoms with Crippen LogP contribution < -0.4 is 0 Å². The second-order valence-electron chi connectivity index (χ2n) is 6.21. The monoisotopic (exact) mass is 392 g/mol. The van der Waals surface area contributed by atoms with Gasteiger partial charge in [0.2, 0.25) is 0 Å². The molecular formula is C20H25ClN2O4. The number of esters is 1. The minimum Gasteiger partial charge on any atom is -0.469 e. The minimum absolute atomic E-state index is 0.138. The molecule has 1 aromatic heterocycles. The molecule has 0 aliphatic rings. The number of carbonyl (C=O) groups excluding carboxylic acids is 2. The molecule has 0 fully saturated rings. The van der Waals surface area contributed by atoms with E-state index < -0.39 is 0 Å². The Morgan fingerprint density at radius 1 is 1.15 bits per heavy atom. The number of carbonyl (C=O) groups is 2. The van der Waals surface area contributed by atoms with E-state index in [9.17, 15) is 9.59 Å². The summed E-state index contributed by atoms with van der Waals surface area (Å²) < 4.78 is 11.8. The van der Waals surface area contributed by atoms with Gasteiger partial charge in [0.1, 0.15) is 0 Å². The number of benzene rings is 1. The Hall–Kier alpha value is -2.31. The normalized spacial score (nSPS) is 10.7. The van der Waals surface area contributed by atoms with Crippen LogP contribution in [0.4, 0.5) is 0 Å². The Morgan fingerprint density at radius 2 is 1.89 bits per heavy atom. The number of ether oxygens (including phenoxy) is 2. The fraction of sp³-hybridized carbons (Fsp3) is 0.400. The molecule has 0 atom stereocenters. The predicted octanol–water partition coefficient (Wildman–Crippen LogP) is 3.40. The van der Waals surface area contributed by atoms with Crippen LogP contribution in [0, 0.1) is 13.8 Å². The zero-order chi connectivity index (χ0) is 20.0. The van der Waals surface area contributed by atoms with Crippen LogP contribution in [-0.2, 0) is 14.3 Å². The molecular weight excluding hydrogens is 368 g/mol. The molecule has 146 valence electrons. The first-order valence-electron chi connectivity index (χ1n) is 8.69. The zero-order valence-electron chi connectivity index (χ0n) is 16.1. The van der Waals surface area contributed by atoms with Gasteiger partial charge in [-0.2, -0.15) is 0 Å². The average Bonchev–Trinajstić information content (AvgIpc) is 2.95. The third kappa shape index (κ3) is 5.11. The molecule has 27 heavy (non-hydrogen) atoms. The molecule has 0 spiro atoms. The third-order valence-corrected chi connectivity index (χ3v) is 4.63. The SMILES string of the molecule is COCCN(CCC(=O)OC)C(=O)c1cc(C)n(-c2cccc(Cl)c2)c1C. The van der Waals surface area contributed by atoms with Crippen LogP contribution in [0.25, 0.3) is 5.69 Å². The predicted molar refractivity (Wildman–Crippen MR) is 105 cm³/mol. The fourth-order valence-corrected chi connectivity index (χ4v) is 3.19. The van der Waals surface area contributed by atoms with Crippen molar-refractivity contribution in [1.82, 2.24) is 9.47 Å². The zero-order valence-corrected chi connectivity index (χ0v) is 16.9. The highest BCUT2D eigenvalue weighted by Gasteiger charge is 2.22. The highest BCUT2D eigenvalue weighted by molar-refractivity contribution is 6.30. The van der Waals surface area contributed by atoms with Crippen molar-refractivity contribution in [1.29, 1.82) is 0 Å². The molecule has 0 unspecified atom stereocenters. The van der Waals surface area contributed by atoms with Crippen LogP contribution in [0.2, 0.25) is 5.02 Å². The van der Waals surface area contributed by atoms with Gasteiger partial charge >= 0.3 is 5.97 Å². The molecule has 0 aliphatic heterocycles. The third-order valence-electron chi connectivity index (χ3n) is 4.39. The van der Waals surface area contributed by atoms with Crippen molar-refractivity contribution in [2.24, 2.45) is 0 Å². The molecule has 1 aromatic carbocycles. The maximum absolute atomic E-state index is 13.1. The number of nitrogens with zero attached hydrogens (tertiary/aromatic N) is 2. The number of hydrogen-bond acceptors (Lipinski definition) is 4. The summed E-state index contributed by atoms with van der Waals surface area (Å²) in [6, 6.07) is 9.34. The fourth-order valence-electron chi connectivity index (χ4n) is 3.01. The molecule has 6 nitrogen and oxygen atoms in total. The molecule has 0 aliphatic carbocycles. The van der Waals surface area contributed by atoms with E-state index in [1.807, 2.05) is 48.7 Å². The molecule has 1 heterocycles. The number of methoxy groups -OCH3 is 2. The van der Waals surface area contributed by atoms with Crippen molar-refractivity contribution in [3.8, 4) is 5.69 Å². The average molecular weight is 393 g/mol. The molecule has 7 heteroatoms. The topological polar surface area (TPSA) is 60.8 Å². The largest absolute Gasteiger partial charge is 0.469 e. The summed E-state index contributed by atoms with van der Waals surface area (Å²) in [5.41, 5.74) is 3.24. The van der Waals surface area contributed by atoms with Crippen LogP contribution in [0.5, 0.6) is 0 Å². The molecule has 0 saturated heterocycles. The second kappa shape index (κ2) is 9.58. The lowest BCUT2D eigenvalue weighted by molar-refractivity contribution is -0.140. The van der Waals surface area contributed by atoms with E-state index in [1.165, 1.54) is 7.11 Å². The van der Waals surface area contributed by atoms with Gasteiger partial charge in [-0.3, -0.25) is 9.59 Å². The highest BCUT2D eigenvalue weighted by atomic mass is 35.5. The van der Waals surface area contributed by atoms with Crippen molar-refractivity contribution in [3.05, 3.63) is 52.3 Å². The summed E-state index contributed by atoms with van der Waals surface area (Å²) in [7, 11) is 2.91. The van der Waals surface area contributed by atoms with Crippen LogP contribution in [0.1, 0.15) is 28.2 Å². The van der Waals surface area contributed by atoms with Crippen molar-refractivity contribution < 1.29 is 19.1 Å². The van der Waals surface area contributed by atoms with E-state index in [1.54, 1.807) is 12.0 Å². The Balaban J connectivity index is 2.32. The molecule has 0 bridgehead atoms. The second-order valence-corrected chi connectivity index (χ2v) is 6.65. The number of halogens is 1. The van der Waals surface area contributed by atoms with Crippen LogP contribution in [-0.4, -0.2) is 55.3 Å². The Kier molecular flexibility index (Phi) is 7.45. The standard InChI is InChI=1S/C20H25ClN2O4/c1-14-12-18(15(2)23(14)17-7-5-6-16(21)13-17)20(25)22(10-11-26-3)9-8-19(24)27-4/h5-7,12-13H,8-11H2,1-4H3. The van der Waals surface area contributed by atoms with Gasteiger partial charge in [0.15, 0.2) is 0 Å². The first-order valence-corrected chi connectivity index (χ1v) is 9.06.